The van der Waals surface area contributed by atoms with Gasteiger partial charge in [0.05, 0.1) is 23.8 Å². The molecule has 0 spiro atoms. The monoisotopic (exact) mass is 506 g/mol. The van der Waals surface area contributed by atoms with Crippen LogP contribution >= 0.6 is 0 Å². The predicted molar refractivity (Wildman–Crippen MR) is 130 cm³/mol. The first-order chi connectivity index (χ1) is 17.4. The third-order valence-corrected chi connectivity index (χ3v) is 5.55. The highest BCUT2D eigenvalue weighted by molar-refractivity contribution is 6.04. The van der Waals surface area contributed by atoms with Gasteiger partial charge in [0.1, 0.15) is 5.69 Å². The summed E-state index contributed by atoms with van der Waals surface area (Å²) in [6.45, 7) is 3.52. The van der Waals surface area contributed by atoms with Crippen molar-refractivity contribution in [3.8, 4) is 17.5 Å². The van der Waals surface area contributed by atoms with Gasteiger partial charge in [-0.15, -0.1) is 0 Å². The van der Waals surface area contributed by atoms with Crippen LogP contribution < -0.4 is 11.1 Å². The first-order valence-electron chi connectivity index (χ1n) is 10.9. The maximum atomic E-state index is 13.5. The Hall–Kier alpha value is -4.85. The van der Waals surface area contributed by atoms with Gasteiger partial charge in [-0.2, -0.15) is 13.2 Å². The van der Waals surface area contributed by atoms with E-state index in [1.807, 2.05) is 0 Å². The summed E-state index contributed by atoms with van der Waals surface area (Å²) in [7, 11) is 1.60. The van der Waals surface area contributed by atoms with E-state index in [0.29, 0.717) is 17.0 Å². The van der Waals surface area contributed by atoms with E-state index < -0.39 is 23.6 Å². The summed E-state index contributed by atoms with van der Waals surface area (Å²) in [6.07, 6.45) is -0.222. The number of imidazole rings is 2. The van der Waals surface area contributed by atoms with Gasteiger partial charge in [-0.05, 0) is 55.7 Å². The summed E-state index contributed by atoms with van der Waals surface area (Å²) >= 11 is 0. The minimum absolute atomic E-state index is 0.0248. The van der Waals surface area contributed by atoms with Crippen LogP contribution in [0.5, 0.6) is 0 Å². The molecule has 2 amide bonds. The molecule has 4 aromatic rings. The molecule has 8 nitrogen and oxygen atoms in total. The van der Waals surface area contributed by atoms with Crippen molar-refractivity contribution in [3.63, 3.8) is 0 Å². The number of amides is 2. The van der Waals surface area contributed by atoms with E-state index in [1.54, 1.807) is 39.2 Å². The number of nitrogens with two attached hydrogens (primary N) is 1. The SMILES string of the molecule is Cc1cn(-c2cc(NC(=O)c3ccc(C)c(C#Cc4cnc(C(N)=O)n4C)c3)cc(C(F)(F)F)c2)cn1. The summed E-state index contributed by atoms with van der Waals surface area (Å²) in [6, 6.07) is 8.07. The van der Waals surface area contributed by atoms with Gasteiger partial charge in [0, 0.05) is 35.7 Å². The number of benzene rings is 2. The van der Waals surface area contributed by atoms with E-state index in [9.17, 15) is 22.8 Å². The molecule has 37 heavy (non-hydrogen) atoms. The van der Waals surface area contributed by atoms with Gasteiger partial charge in [-0.3, -0.25) is 9.59 Å². The third kappa shape index (κ3) is 5.54. The van der Waals surface area contributed by atoms with Gasteiger partial charge < -0.3 is 20.2 Å². The number of hydrogen-bond donors (Lipinski definition) is 2. The Morgan fingerprint density at radius 1 is 1.05 bits per heavy atom. The Bertz CT molecular complexity index is 1590. The van der Waals surface area contributed by atoms with Gasteiger partial charge in [0.15, 0.2) is 5.82 Å². The van der Waals surface area contributed by atoms with Crippen molar-refractivity contribution in [2.24, 2.45) is 12.8 Å². The number of carbonyl (C=O) groups is 2. The Labute approximate surface area is 210 Å². The highest BCUT2D eigenvalue weighted by Crippen LogP contribution is 2.33. The van der Waals surface area contributed by atoms with Crippen LogP contribution in [0, 0.1) is 25.7 Å². The van der Waals surface area contributed by atoms with Crippen LogP contribution in [0.3, 0.4) is 0 Å². The second kappa shape index (κ2) is 9.66. The Morgan fingerprint density at radius 2 is 1.81 bits per heavy atom. The van der Waals surface area contributed by atoms with E-state index in [2.05, 4.69) is 27.1 Å². The molecule has 0 aliphatic carbocycles. The molecular weight excluding hydrogens is 485 g/mol. The topological polar surface area (TPSA) is 108 Å². The van der Waals surface area contributed by atoms with Gasteiger partial charge in [-0.25, -0.2) is 9.97 Å². The van der Waals surface area contributed by atoms with Crippen LogP contribution in [-0.4, -0.2) is 30.9 Å². The number of nitrogens with one attached hydrogen (secondary N) is 1. The van der Waals surface area contributed by atoms with Gasteiger partial charge in [0.2, 0.25) is 0 Å². The van der Waals surface area contributed by atoms with Crippen LogP contribution in [0.1, 0.15) is 49.1 Å². The van der Waals surface area contributed by atoms with Crippen molar-refractivity contribution in [2.45, 2.75) is 20.0 Å². The molecule has 4 rings (SSSR count). The predicted octanol–water partition coefficient (Wildman–Crippen LogP) is 3.99. The normalized spacial score (nSPS) is 11.1. The maximum Gasteiger partial charge on any atom is 0.416 e. The molecule has 2 aromatic heterocycles. The number of rotatable bonds is 4. The summed E-state index contributed by atoms with van der Waals surface area (Å²) in [5.74, 6) is 4.59. The molecule has 2 heterocycles. The lowest BCUT2D eigenvalue weighted by atomic mass is 10.0. The van der Waals surface area contributed by atoms with Crippen LogP contribution in [0.4, 0.5) is 18.9 Å². The Morgan fingerprint density at radius 3 is 2.43 bits per heavy atom. The van der Waals surface area contributed by atoms with Crippen molar-refractivity contribution < 1.29 is 22.8 Å². The molecule has 0 unspecified atom stereocenters. The van der Waals surface area contributed by atoms with Crippen molar-refractivity contribution in [1.82, 2.24) is 19.1 Å². The van der Waals surface area contributed by atoms with E-state index in [4.69, 9.17) is 5.73 Å². The van der Waals surface area contributed by atoms with Crippen molar-refractivity contribution >= 4 is 17.5 Å². The Kier molecular flexibility index (Phi) is 6.59. The van der Waals surface area contributed by atoms with Crippen LogP contribution in [0.25, 0.3) is 5.69 Å². The fourth-order valence-electron chi connectivity index (χ4n) is 3.55. The molecule has 2 aromatic carbocycles. The summed E-state index contributed by atoms with van der Waals surface area (Å²) < 4.78 is 43.5. The number of aryl methyl sites for hydroxylation is 2. The maximum absolute atomic E-state index is 13.5. The molecule has 0 radical (unpaired) electrons. The van der Waals surface area contributed by atoms with Gasteiger partial charge in [-0.1, -0.05) is 12.0 Å². The quantitative estimate of drug-likeness (QED) is 0.408. The number of alkyl halides is 3. The number of carbonyl (C=O) groups excluding carboxylic acids is 2. The fourth-order valence-corrected chi connectivity index (χ4v) is 3.55. The second-order valence-electron chi connectivity index (χ2n) is 8.31. The Balaban J connectivity index is 1.64. The number of aromatic nitrogens is 4. The lowest BCUT2D eigenvalue weighted by molar-refractivity contribution is -0.137. The fraction of sp³-hybridized carbons (Fsp3) is 0.154. The number of nitrogens with zero attached hydrogens (tertiary/aromatic N) is 4. The molecule has 0 aliphatic heterocycles. The minimum atomic E-state index is -4.61. The molecule has 0 fully saturated rings. The molecular formula is C26H21F3N6O2. The average Bonchev–Trinajstić information content (AvgIpc) is 3.43. The zero-order valence-corrected chi connectivity index (χ0v) is 20.0. The first kappa shape index (κ1) is 25.2. The zero-order valence-electron chi connectivity index (χ0n) is 20.0. The standard InChI is InChI=1S/C26H21F3N6O2/c1-15-4-5-18(8-17(15)6-7-21-12-31-24(23(30)36)34(21)3)25(37)33-20-9-19(26(27,28)29)10-22(11-20)35-13-16(2)32-14-35/h4-5,8-14H,1-3H3,(H2,30,36)(H,33,37). The number of anilines is 1. The second-order valence-corrected chi connectivity index (χ2v) is 8.31. The summed E-state index contributed by atoms with van der Waals surface area (Å²) in [5, 5.41) is 2.55. The highest BCUT2D eigenvalue weighted by atomic mass is 19.4. The average molecular weight is 506 g/mol. The van der Waals surface area contributed by atoms with Crippen molar-refractivity contribution in [1.29, 1.82) is 0 Å². The van der Waals surface area contributed by atoms with Gasteiger partial charge in [0.25, 0.3) is 11.8 Å². The molecule has 0 atom stereocenters. The van der Waals surface area contributed by atoms with E-state index in [0.717, 1.165) is 17.7 Å². The van der Waals surface area contributed by atoms with E-state index in [-0.39, 0.29) is 22.8 Å². The lowest BCUT2D eigenvalue weighted by Gasteiger charge is -2.14. The molecule has 3 N–H and O–H groups in total. The molecule has 0 aliphatic rings. The van der Waals surface area contributed by atoms with Crippen LogP contribution in [0.15, 0.2) is 55.1 Å². The van der Waals surface area contributed by atoms with E-state index >= 15 is 0 Å². The molecule has 11 heteroatoms. The first-order valence-corrected chi connectivity index (χ1v) is 10.9. The molecule has 0 bridgehead atoms. The van der Waals surface area contributed by atoms with Crippen molar-refractivity contribution in [3.05, 3.63) is 94.6 Å². The number of primary amides is 1. The summed E-state index contributed by atoms with van der Waals surface area (Å²) in [5.41, 5.74) is 7.11. The largest absolute Gasteiger partial charge is 0.416 e. The van der Waals surface area contributed by atoms with Gasteiger partial charge >= 0.3 is 6.18 Å². The highest BCUT2D eigenvalue weighted by Gasteiger charge is 2.31. The smallest absolute Gasteiger partial charge is 0.363 e. The zero-order chi connectivity index (χ0) is 26.9. The number of hydrogen-bond acceptors (Lipinski definition) is 4. The minimum Gasteiger partial charge on any atom is -0.363 e. The third-order valence-electron chi connectivity index (χ3n) is 5.55. The molecule has 0 saturated carbocycles. The molecule has 188 valence electrons. The van der Waals surface area contributed by atoms with Crippen LogP contribution in [0.2, 0.25) is 0 Å². The van der Waals surface area contributed by atoms with Crippen LogP contribution in [-0.2, 0) is 13.2 Å². The van der Waals surface area contributed by atoms with Crippen molar-refractivity contribution in [2.75, 3.05) is 5.32 Å². The van der Waals surface area contributed by atoms with E-state index in [1.165, 1.54) is 33.8 Å². The number of halogens is 3. The molecule has 0 saturated heterocycles. The summed E-state index contributed by atoms with van der Waals surface area (Å²) in [4.78, 5) is 32.3. The lowest BCUT2D eigenvalue weighted by Crippen LogP contribution is -2.17.